The molecule has 3 heterocycles. The fraction of sp³-hybridized carbons (Fsp3) is 0.174. The highest BCUT2D eigenvalue weighted by atomic mass is 32.1. The van der Waals surface area contributed by atoms with Crippen molar-refractivity contribution < 1.29 is 13.6 Å². The highest BCUT2D eigenvalue weighted by Gasteiger charge is 2.23. The molecule has 6 nitrogen and oxygen atoms in total. The van der Waals surface area contributed by atoms with Crippen LogP contribution in [-0.4, -0.2) is 15.9 Å². The Morgan fingerprint density at radius 2 is 1.77 bits per heavy atom. The minimum absolute atomic E-state index is 0.223. The van der Waals surface area contributed by atoms with Crippen molar-refractivity contribution in [3.63, 3.8) is 0 Å². The molecule has 0 bridgehead atoms. The Balaban J connectivity index is 1.74. The Morgan fingerprint density at radius 1 is 1.06 bits per heavy atom. The molecule has 31 heavy (non-hydrogen) atoms. The van der Waals surface area contributed by atoms with Crippen molar-refractivity contribution in [2.24, 2.45) is 0 Å². The molecule has 0 aliphatic heterocycles. The number of aryl methyl sites for hydroxylation is 3. The summed E-state index contributed by atoms with van der Waals surface area (Å²) in [5.74, 6) is 0.0199. The predicted molar refractivity (Wildman–Crippen MR) is 119 cm³/mol. The number of hydrogen-bond donors (Lipinski definition) is 2. The Kier molecular flexibility index (Phi) is 5.81. The molecule has 0 aliphatic rings. The van der Waals surface area contributed by atoms with Crippen molar-refractivity contribution in [3.05, 3.63) is 93.8 Å². The van der Waals surface area contributed by atoms with Crippen molar-refractivity contribution in [1.29, 1.82) is 0 Å². The van der Waals surface area contributed by atoms with Crippen molar-refractivity contribution in [2.75, 3.05) is 10.6 Å². The van der Waals surface area contributed by atoms with Crippen LogP contribution < -0.4 is 10.6 Å². The molecule has 158 valence electrons. The van der Waals surface area contributed by atoms with Gasteiger partial charge < -0.3 is 15.1 Å². The van der Waals surface area contributed by atoms with Crippen LogP contribution in [0.3, 0.4) is 0 Å². The lowest BCUT2D eigenvalue weighted by atomic mass is 10.00. The maximum absolute atomic E-state index is 13.6. The number of nitrogens with one attached hydrogen (secondary N) is 2. The van der Waals surface area contributed by atoms with Gasteiger partial charge in [-0.25, -0.2) is 14.4 Å². The fourth-order valence-electron chi connectivity index (χ4n) is 3.33. The summed E-state index contributed by atoms with van der Waals surface area (Å²) < 4.78 is 18.8. The lowest BCUT2D eigenvalue weighted by Crippen LogP contribution is -2.18. The van der Waals surface area contributed by atoms with Gasteiger partial charge in [-0.05, 0) is 62.7 Å². The molecule has 0 saturated carbocycles. The molecule has 0 radical (unpaired) electrons. The van der Waals surface area contributed by atoms with Gasteiger partial charge in [0.15, 0.2) is 5.76 Å². The number of thiophene rings is 1. The highest BCUT2D eigenvalue weighted by Crippen LogP contribution is 2.37. The van der Waals surface area contributed by atoms with Crippen LogP contribution in [0.2, 0.25) is 0 Å². The van der Waals surface area contributed by atoms with Gasteiger partial charge in [0, 0.05) is 21.8 Å². The SMILES string of the molecule is Cc1cc(C)nc(N[C@H](c2ccc(F)cc2)c2cc(C)sc2NC(=O)c2ccco2)n1. The van der Waals surface area contributed by atoms with Crippen molar-refractivity contribution >= 4 is 28.2 Å². The van der Waals surface area contributed by atoms with E-state index >= 15 is 0 Å². The number of hydrogen-bond acceptors (Lipinski definition) is 6. The number of benzene rings is 1. The standard InChI is InChI=1S/C23H21FN4O2S/c1-13-11-14(2)26-23(25-13)27-20(16-6-8-17(24)9-7-16)18-12-15(3)31-22(18)28-21(29)19-5-4-10-30-19/h4-12,20H,1-3H3,(H,28,29)(H,25,26,27)/t20-/m1/s1. The first kappa shape index (κ1) is 20.7. The Hall–Kier alpha value is -3.52. The lowest BCUT2D eigenvalue weighted by Gasteiger charge is -2.21. The van der Waals surface area contributed by atoms with E-state index < -0.39 is 6.04 Å². The molecule has 0 unspecified atom stereocenters. The van der Waals surface area contributed by atoms with Gasteiger partial charge >= 0.3 is 0 Å². The highest BCUT2D eigenvalue weighted by molar-refractivity contribution is 7.16. The number of nitrogens with zero attached hydrogens (tertiary/aromatic N) is 2. The fourth-order valence-corrected chi connectivity index (χ4v) is 4.28. The number of carbonyl (C=O) groups is 1. The van der Waals surface area contributed by atoms with E-state index in [-0.39, 0.29) is 17.5 Å². The van der Waals surface area contributed by atoms with Gasteiger partial charge in [-0.3, -0.25) is 4.79 Å². The number of amides is 1. The zero-order valence-corrected chi connectivity index (χ0v) is 18.1. The first-order chi connectivity index (χ1) is 14.9. The average molecular weight is 437 g/mol. The molecule has 1 amide bonds. The molecule has 0 spiro atoms. The van der Waals surface area contributed by atoms with Gasteiger partial charge in [-0.2, -0.15) is 0 Å². The number of anilines is 2. The molecular formula is C23H21FN4O2S. The first-order valence-corrected chi connectivity index (χ1v) is 10.5. The van der Waals surface area contributed by atoms with Crippen LogP contribution in [-0.2, 0) is 0 Å². The zero-order chi connectivity index (χ0) is 22.0. The van der Waals surface area contributed by atoms with Crippen LogP contribution in [0, 0.1) is 26.6 Å². The van der Waals surface area contributed by atoms with Crippen molar-refractivity contribution in [1.82, 2.24) is 9.97 Å². The quantitative estimate of drug-likeness (QED) is 0.408. The molecule has 0 fully saturated rings. The number of aromatic nitrogens is 2. The van der Waals surface area contributed by atoms with Crippen LogP contribution >= 0.6 is 11.3 Å². The topological polar surface area (TPSA) is 80.0 Å². The number of halogens is 1. The molecule has 2 N–H and O–H groups in total. The van der Waals surface area contributed by atoms with Gasteiger partial charge in [0.1, 0.15) is 10.8 Å². The van der Waals surface area contributed by atoms with E-state index in [1.54, 1.807) is 24.3 Å². The van der Waals surface area contributed by atoms with Crippen LogP contribution in [0.5, 0.6) is 0 Å². The van der Waals surface area contributed by atoms with E-state index in [0.717, 1.165) is 27.4 Å². The predicted octanol–water partition coefficient (Wildman–Crippen LogP) is 5.65. The van der Waals surface area contributed by atoms with Gasteiger partial charge in [0.25, 0.3) is 5.91 Å². The third-order valence-electron chi connectivity index (χ3n) is 4.63. The van der Waals surface area contributed by atoms with E-state index in [1.165, 1.54) is 29.7 Å². The molecule has 1 atom stereocenters. The largest absolute Gasteiger partial charge is 0.459 e. The van der Waals surface area contributed by atoms with Crippen LogP contribution in [0.4, 0.5) is 15.3 Å². The number of carbonyl (C=O) groups excluding carboxylic acids is 1. The smallest absolute Gasteiger partial charge is 0.291 e. The summed E-state index contributed by atoms with van der Waals surface area (Å²) in [4.78, 5) is 22.6. The van der Waals surface area contributed by atoms with E-state index in [9.17, 15) is 9.18 Å². The minimum atomic E-state index is -0.404. The van der Waals surface area contributed by atoms with E-state index in [1.807, 2.05) is 32.9 Å². The number of rotatable bonds is 6. The Labute approximate surface area is 183 Å². The molecule has 0 aliphatic carbocycles. The molecule has 4 aromatic rings. The summed E-state index contributed by atoms with van der Waals surface area (Å²) in [5.41, 5.74) is 3.31. The van der Waals surface area contributed by atoms with E-state index in [4.69, 9.17) is 4.42 Å². The molecular weight excluding hydrogens is 415 g/mol. The minimum Gasteiger partial charge on any atom is -0.459 e. The van der Waals surface area contributed by atoms with Crippen molar-refractivity contribution in [2.45, 2.75) is 26.8 Å². The summed E-state index contributed by atoms with van der Waals surface area (Å²) in [6, 6.07) is 13.0. The van der Waals surface area contributed by atoms with Gasteiger partial charge in [-0.15, -0.1) is 11.3 Å². The summed E-state index contributed by atoms with van der Waals surface area (Å²) >= 11 is 1.45. The zero-order valence-electron chi connectivity index (χ0n) is 17.3. The molecule has 0 saturated heterocycles. The molecule has 3 aromatic heterocycles. The maximum atomic E-state index is 13.6. The van der Waals surface area contributed by atoms with Crippen molar-refractivity contribution in [3.8, 4) is 0 Å². The monoisotopic (exact) mass is 436 g/mol. The average Bonchev–Trinajstić information content (AvgIpc) is 3.36. The third-order valence-corrected chi connectivity index (χ3v) is 5.61. The van der Waals surface area contributed by atoms with Gasteiger partial charge in [0.05, 0.1) is 12.3 Å². The Morgan fingerprint density at radius 3 is 2.42 bits per heavy atom. The van der Waals surface area contributed by atoms with E-state index in [2.05, 4.69) is 20.6 Å². The second kappa shape index (κ2) is 8.69. The second-order valence-electron chi connectivity index (χ2n) is 7.18. The summed E-state index contributed by atoms with van der Waals surface area (Å²) in [5, 5.41) is 6.97. The van der Waals surface area contributed by atoms with Crippen LogP contribution in [0.1, 0.15) is 44.0 Å². The normalized spacial score (nSPS) is 11.9. The summed E-state index contributed by atoms with van der Waals surface area (Å²) in [6.07, 6.45) is 1.45. The van der Waals surface area contributed by atoms with Crippen LogP contribution in [0.25, 0.3) is 0 Å². The molecule has 1 aromatic carbocycles. The Bertz CT molecular complexity index is 1180. The van der Waals surface area contributed by atoms with Crippen LogP contribution in [0.15, 0.2) is 59.2 Å². The van der Waals surface area contributed by atoms with Gasteiger partial charge in [0.2, 0.25) is 5.95 Å². The summed E-state index contributed by atoms with van der Waals surface area (Å²) in [6.45, 7) is 5.76. The molecule has 4 rings (SSSR count). The first-order valence-electron chi connectivity index (χ1n) is 9.68. The maximum Gasteiger partial charge on any atom is 0.291 e. The number of furan rings is 1. The van der Waals surface area contributed by atoms with Gasteiger partial charge in [-0.1, -0.05) is 12.1 Å². The molecule has 8 heteroatoms. The van der Waals surface area contributed by atoms with E-state index in [0.29, 0.717) is 10.9 Å². The second-order valence-corrected chi connectivity index (χ2v) is 8.43. The third kappa shape index (κ3) is 4.80. The lowest BCUT2D eigenvalue weighted by molar-refractivity contribution is 0.0997. The summed E-state index contributed by atoms with van der Waals surface area (Å²) in [7, 11) is 0.